The number of ether oxygens (including phenoxy) is 1. The maximum absolute atomic E-state index is 13.0. The van der Waals surface area contributed by atoms with Crippen molar-refractivity contribution in [2.24, 2.45) is 0 Å². The molecule has 0 aromatic rings. The van der Waals surface area contributed by atoms with E-state index in [-0.39, 0.29) is 6.04 Å². The highest BCUT2D eigenvalue weighted by Gasteiger charge is 2.25. The molecular weight excluding hydrogens is 240 g/mol. The van der Waals surface area contributed by atoms with Crippen molar-refractivity contribution in [2.75, 3.05) is 14.2 Å². The molecule has 0 saturated carbocycles. The Hall–Kier alpha value is -1.49. The fourth-order valence-corrected chi connectivity index (χ4v) is 1.76. The monoisotopic (exact) mass is 257 g/mol. The van der Waals surface area contributed by atoms with Crippen molar-refractivity contribution in [1.29, 1.82) is 0 Å². The van der Waals surface area contributed by atoms with Gasteiger partial charge in [0.25, 0.3) is 0 Å². The molecule has 1 N–H and O–H groups in total. The van der Waals surface area contributed by atoms with Gasteiger partial charge in [0.05, 0.1) is 18.7 Å². The summed E-state index contributed by atoms with van der Waals surface area (Å²) in [6.45, 7) is 0.851. The first-order chi connectivity index (χ1) is 8.37. The number of halogens is 2. The van der Waals surface area contributed by atoms with E-state index >= 15 is 0 Å². The maximum Gasteiger partial charge on any atom is 0.335 e. The van der Waals surface area contributed by atoms with Gasteiger partial charge < -0.3 is 10.1 Å². The number of esters is 1. The molecule has 1 atom stereocenters. The van der Waals surface area contributed by atoms with Gasteiger partial charge in [0.1, 0.15) is 0 Å². The SMILES string of the molecule is CNC1C=CC=C(CC(C)(F)F)C=C1C(=O)OC. The number of likely N-dealkylation sites (N-methyl/N-ethyl adjacent to an activating group) is 1. The van der Waals surface area contributed by atoms with Gasteiger partial charge in [-0.05, 0) is 25.6 Å². The van der Waals surface area contributed by atoms with E-state index in [1.54, 1.807) is 25.3 Å². The van der Waals surface area contributed by atoms with Crippen LogP contribution in [0.3, 0.4) is 0 Å². The van der Waals surface area contributed by atoms with Gasteiger partial charge in [-0.3, -0.25) is 0 Å². The van der Waals surface area contributed by atoms with Gasteiger partial charge in [-0.25, -0.2) is 13.6 Å². The number of carbonyl (C=O) groups excluding carboxylic acids is 1. The second-order valence-electron chi connectivity index (χ2n) is 4.23. The second kappa shape index (κ2) is 5.91. The third-order valence-electron chi connectivity index (χ3n) is 2.54. The normalized spacial score (nSPS) is 19.9. The minimum Gasteiger partial charge on any atom is -0.466 e. The Morgan fingerprint density at radius 1 is 1.56 bits per heavy atom. The molecule has 18 heavy (non-hydrogen) atoms. The number of hydrogen-bond acceptors (Lipinski definition) is 3. The summed E-state index contributed by atoms with van der Waals surface area (Å²) in [7, 11) is 2.95. The fourth-order valence-electron chi connectivity index (χ4n) is 1.76. The van der Waals surface area contributed by atoms with Gasteiger partial charge in [-0.1, -0.05) is 18.2 Å². The summed E-state index contributed by atoms with van der Waals surface area (Å²) in [5.41, 5.74) is 0.723. The molecule has 0 fully saturated rings. The van der Waals surface area contributed by atoms with Gasteiger partial charge >= 0.3 is 5.97 Å². The Morgan fingerprint density at radius 3 is 2.72 bits per heavy atom. The Balaban J connectivity index is 3.04. The quantitative estimate of drug-likeness (QED) is 0.785. The smallest absolute Gasteiger partial charge is 0.335 e. The third kappa shape index (κ3) is 4.07. The Morgan fingerprint density at radius 2 is 2.22 bits per heavy atom. The van der Waals surface area contributed by atoms with Crippen molar-refractivity contribution in [3.63, 3.8) is 0 Å². The lowest BCUT2D eigenvalue weighted by atomic mass is 10.0. The first-order valence-corrected chi connectivity index (χ1v) is 5.59. The van der Waals surface area contributed by atoms with Gasteiger partial charge in [0.2, 0.25) is 5.92 Å². The number of methoxy groups -OCH3 is 1. The maximum atomic E-state index is 13.0. The Kier molecular flexibility index (Phi) is 4.78. The number of allylic oxidation sites excluding steroid dienone is 4. The first-order valence-electron chi connectivity index (χ1n) is 5.59. The summed E-state index contributed by atoms with van der Waals surface area (Å²) in [5.74, 6) is -3.33. The molecule has 0 radical (unpaired) electrons. The van der Waals surface area contributed by atoms with Crippen molar-refractivity contribution in [2.45, 2.75) is 25.3 Å². The second-order valence-corrected chi connectivity index (χ2v) is 4.23. The minimum atomic E-state index is -2.81. The van der Waals surface area contributed by atoms with Crippen LogP contribution < -0.4 is 5.32 Å². The predicted octanol–water partition coefficient (Wildman–Crippen LogP) is 2.22. The number of rotatable bonds is 4. The molecule has 0 amide bonds. The zero-order valence-electron chi connectivity index (χ0n) is 10.7. The average molecular weight is 257 g/mol. The number of alkyl halides is 2. The summed E-state index contributed by atoms with van der Waals surface area (Å²) in [6, 6.07) is -0.336. The van der Waals surface area contributed by atoms with Crippen LogP contribution in [0.25, 0.3) is 0 Å². The molecule has 0 bridgehead atoms. The van der Waals surface area contributed by atoms with Crippen molar-refractivity contribution in [1.82, 2.24) is 5.32 Å². The van der Waals surface area contributed by atoms with E-state index in [2.05, 4.69) is 10.1 Å². The van der Waals surface area contributed by atoms with Crippen LogP contribution in [0, 0.1) is 0 Å². The largest absolute Gasteiger partial charge is 0.466 e. The van der Waals surface area contributed by atoms with Crippen molar-refractivity contribution in [3.8, 4) is 0 Å². The average Bonchev–Trinajstić information content (AvgIpc) is 2.48. The topological polar surface area (TPSA) is 38.3 Å². The van der Waals surface area contributed by atoms with Gasteiger partial charge in [-0.2, -0.15) is 0 Å². The van der Waals surface area contributed by atoms with Crippen LogP contribution in [0.2, 0.25) is 0 Å². The molecule has 100 valence electrons. The summed E-state index contributed by atoms with van der Waals surface area (Å²) >= 11 is 0. The number of nitrogens with one attached hydrogen (secondary N) is 1. The lowest BCUT2D eigenvalue weighted by molar-refractivity contribution is -0.136. The lowest BCUT2D eigenvalue weighted by Gasteiger charge is -2.15. The van der Waals surface area contributed by atoms with Gasteiger partial charge in [0, 0.05) is 6.42 Å². The molecule has 1 aliphatic rings. The molecule has 3 nitrogen and oxygen atoms in total. The van der Waals surface area contributed by atoms with Crippen LogP contribution in [0.1, 0.15) is 13.3 Å². The summed E-state index contributed by atoms with van der Waals surface area (Å²) in [4.78, 5) is 11.6. The molecular formula is C13H17F2NO2. The predicted molar refractivity (Wildman–Crippen MR) is 65.4 cm³/mol. The van der Waals surface area contributed by atoms with Crippen LogP contribution in [0.15, 0.2) is 35.5 Å². The highest BCUT2D eigenvalue weighted by molar-refractivity contribution is 5.91. The molecule has 1 aliphatic carbocycles. The Bertz CT molecular complexity index is 406. The summed E-state index contributed by atoms with van der Waals surface area (Å²) in [5, 5.41) is 2.92. The molecule has 1 rings (SSSR count). The van der Waals surface area contributed by atoms with Crippen molar-refractivity contribution >= 4 is 5.97 Å². The van der Waals surface area contributed by atoms with E-state index in [9.17, 15) is 13.6 Å². The molecule has 0 aromatic carbocycles. The van der Waals surface area contributed by atoms with Crippen LogP contribution in [-0.4, -0.2) is 32.1 Å². The van der Waals surface area contributed by atoms with Crippen molar-refractivity contribution < 1.29 is 18.3 Å². The first kappa shape index (κ1) is 14.6. The van der Waals surface area contributed by atoms with Gasteiger partial charge in [0.15, 0.2) is 0 Å². The third-order valence-corrected chi connectivity index (χ3v) is 2.54. The van der Waals surface area contributed by atoms with Crippen LogP contribution in [-0.2, 0) is 9.53 Å². The van der Waals surface area contributed by atoms with E-state index < -0.39 is 18.3 Å². The molecule has 0 aliphatic heterocycles. The van der Waals surface area contributed by atoms with E-state index in [0.717, 1.165) is 6.92 Å². The summed E-state index contributed by atoms with van der Waals surface area (Å²) < 4.78 is 30.7. The number of carbonyl (C=O) groups is 1. The Labute approximate surface area is 105 Å². The molecule has 0 spiro atoms. The standard InChI is InChI=1S/C13H17F2NO2/c1-13(14,15)8-9-5-4-6-11(16-2)10(7-9)12(17)18-3/h4-7,11,16H,8H2,1-3H3. The van der Waals surface area contributed by atoms with E-state index in [4.69, 9.17) is 0 Å². The van der Waals surface area contributed by atoms with Gasteiger partial charge in [-0.15, -0.1) is 0 Å². The highest BCUT2D eigenvalue weighted by atomic mass is 19.3. The lowest BCUT2D eigenvalue weighted by Crippen LogP contribution is -2.29. The molecule has 5 heteroatoms. The molecule has 0 heterocycles. The van der Waals surface area contributed by atoms with Crippen molar-refractivity contribution in [3.05, 3.63) is 35.5 Å². The van der Waals surface area contributed by atoms with E-state index in [0.29, 0.717) is 11.1 Å². The fraction of sp³-hybridized carbons (Fsp3) is 0.462. The summed E-state index contributed by atoms with van der Waals surface area (Å²) in [6.07, 6.45) is 6.02. The van der Waals surface area contributed by atoms with Crippen LogP contribution in [0.5, 0.6) is 0 Å². The molecule has 0 aromatic heterocycles. The van der Waals surface area contributed by atoms with Crippen LogP contribution in [0.4, 0.5) is 8.78 Å². The zero-order valence-corrected chi connectivity index (χ0v) is 10.7. The van der Waals surface area contributed by atoms with E-state index in [1.165, 1.54) is 13.2 Å². The van der Waals surface area contributed by atoms with E-state index in [1.807, 2.05) is 0 Å². The highest BCUT2D eigenvalue weighted by Crippen LogP contribution is 2.26. The zero-order chi connectivity index (χ0) is 13.8. The van der Waals surface area contributed by atoms with Crippen LogP contribution >= 0.6 is 0 Å². The molecule has 1 unspecified atom stereocenters. The minimum absolute atomic E-state index is 0.323. The molecule has 0 saturated heterocycles. The number of hydrogen-bond donors (Lipinski definition) is 1.